The zero-order valence-corrected chi connectivity index (χ0v) is 10.5. The number of hydrogen-bond donors (Lipinski definition) is 2. The van der Waals surface area contributed by atoms with E-state index in [1.54, 1.807) is 0 Å². The van der Waals surface area contributed by atoms with Crippen molar-refractivity contribution in [2.24, 2.45) is 0 Å². The molecule has 0 fully saturated rings. The molecule has 2 N–H and O–H groups in total. The monoisotopic (exact) mass is 273 g/mol. The lowest BCUT2D eigenvalue weighted by Crippen LogP contribution is -2.21. The molecular weight excluding hydrogens is 259 g/mol. The fourth-order valence-electron chi connectivity index (χ4n) is 1.24. The summed E-state index contributed by atoms with van der Waals surface area (Å²) in [5, 5.41) is 11.7. The molecule has 1 amide bonds. The lowest BCUT2D eigenvalue weighted by Gasteiger charge is -2.10. The molecule has 0 bridgehead atoms. The number of benzene rings is 1. The topological polar surface area (TPSA) is 49.3 Å². The third-order valence-corrected chi connectivity index (χ3v) is 2.16. The summed E-state index contributed by atoms with van der Waals surface area (Å²) in [4.78, 5) is 11.6. The quantitative estimate of drug-likeness (QED) is 0.889. The predicted octanol–water partition coefficient (Wildman–Crippen LogP) is 2.72. The van der Waals surface area contributed by atoms with Crippen LogP contribution in [0.3, 0.4) is 0 Å². The molecule has 1 rings (SSSR count). The largest absolute Gasteiger partial charge is 0.416 e. The van der Waals surface area contributed by atoms with E-state index >= 15 is 0 Å². The Morgan fingerprint density at radius 1 is 1.32 bits per heavy atom. The normalized spacial score (nSPS) is 12.7. The zero-order chi connectivity index (χ0) is 14.7. The molecule has 104 valence electrons. The first kappa shape index (κ1) is 15.2. The second-order valence-electron chi connectivity index (χ2n) is 4.54. The van der Waals surface area contributed by atoms with Gasteiger partial charge in [-0.15, -0.1) is 0 Å². The van der Waals surface area contributed by atoms with Crippen LogP contribution in [-0.2, 0) is 6.18 Å². The average Bonchev–Trinajstić information content (AvgIpc) is 2.26. The third-order valence-electron chi connectivity index (χ3n) is 2.16. The molecule has 0 aliphatic rings. The molecule has 0 heterocycles. The summed E-state index contributed by atoms with van der Waals surface area (Å²) in [5.41, 5.74) is -2.09. The number of carbonyl (C=O) groups is 1. The van der Waals surface area contributed by atoms with E-state index in [1.807, 2.05) is 0 Å². The van der Waals surface area contributed by atoms with Gasteiger partial charge >= 0.3 is 6.18 Å². The Kier molecular flexibility index (Phi) is 4.36. The second kappa shape index (κ2) is 5.44. The molecule has 1 aromatic rings. The Labute approximate surface area is 108 Å². The highest BCUT2D eigenvalue weighted by Crippen LogP contribution is 2.29. The van der Waals surface area contributed by atoms with E-state index in [4.69, 9.17) is 0 Å². The molecule has 0 aliphatic heterocycles. The van der Waals surface area contributed by atoms with Crippen LogP contribution in [0.25, 0.3) is 0 Å². The van der Waals surface area contributed by atoms with Crippen molar-refractivity contribution in [3.63, 3.8) is 0 Å². The highest BCUT2D eigenvalue weighted by atomic mass is 19.4. The van der Waals surface area contributed by atoms with Gasteiger partial charge in [0.1, 0.15) is 0 Å². The predicted molar refractivity (Wildman–Crippen MR) is 64.3 cm³/mol. The van der Waals surface area contributed by atoms with Crippen molar-refractivity contribution in [2.75, 3.05) is 0 Å². The molecule has 0 aromatic heterocycles. The van der Waals surface area contributed by atoms with Crippen molar-refractivity contribution >= 4 is 5.91 Å². The van der Waals surface area contributed by atoms with Gasteiger partial charge in [0.2, 0.25) is 0 Å². The lowest BCUT2D eigenvalue weighted by atomic mass is 10.1. The molecular formula is C13H14F3NO2. The maximum atomic E-state index is 12.5. The molecule has 0 atom stereocenters. The average molecular weight is 273 g/mol. The van der Waals surface area contributed by atoms with Gasteiger partial charge < -0.3 is 10.4 Å². The number of amides is 1. The van der Waals surface area contributed by atoms with Gasteiger partial charge in [0.05, 0.1) is 11.2 Å². The standard InChI is InChI=1S/C13H14F3NO2/c1-12(2,19)6-7-17-11(18)9-4-3-5-10(8-9)13(14,15)16/h3-8,19H,1-2H3,(H,17,18). The van der Waals surface area contributed by atoms with Crippen LogP contribution < -0.4 is 5.32 Å². The molecule has 0 aliphatic carbocycles. The van der Waals surface area contributed by atoms with Crippen LogP contribution in [0.5, 0.6) is 0 Å². The number of nitrogens with one attached hydrogen (secondary N) is 1. The van der Waals surface area contributed by atoms with Gasteiger partial charge in [0.15, 0.2) is 0 Å². The van der Waals surface area contributed by atoms with Gasteiger partial charge in [0.25, 0.3) is 5.91 Å². The van der Waals surface area contributed by atoms with E-state index in [9.17, 15) is 23.1 Å². The van der Waals surface area contributed by atoms with Crippen LogP contribution in [-0.4, -0.2) is 16.6 Å². The molecule has 3 nitrogen and oxygen atoms in total. The van der Waals surface area contributed by atoms with Crippen LogP contribution in [0.4, 0.5) is 13.2 Å². The van der Waals surface area contributed by atoms with Crippen molar-refractivity contribution in [1.82, 2.24) is 5.32 Å². The number of hydrogen-bond acceptors (Lipinski definition) is 2. The summed E-state index contributed by atoms with van der Waals surface area (Å²) in [6.45, 7) is 3.00. The van der Waals surface area contributed by atoms with Crippen molar-refractivity contribution in [2.45, 2.75) is 25.6 Å². The molecule has 0 unspecified atom stereocenters. The molecule has 19 heavy (non-hydrogen) atoms. The number of carbonyl (C=O) groups excluding carboxylic acids is 1. The van der Waals surface area contributed by atoms with Crippen LogP contribution in [0.2, 0.25) is 0 Å². The molecule has 1 aromatic carbocycles. The van der Waals surface area contributed by atoms with E-state index in [0.717, 1.165) is 18.2 Å². The van der Waals surface area contributed by atoms with E-state index in [-0.39, 0.29) is 5.56 Å². The van der Waals surface area contributed by atoms with Crippen LogP contribution in [0, 0.1) is 0 Å². The van der Waals surface area contributed by atoms with Gasteiger partial charge in [-0.3, -0.25) is 4.79 Å². The van der Waals surface area contributed by atoms with E-state index in [2.05, 4.69) is 5.32 Å². The molecule has 6 heteroatoms. The maximum Gasteiger partial charge on any atom is 0.416 e. The minimum Gasteiger partial charge on any atom is -0.386 e. The number of halogens is 3. The fraction of sp³-hybridized carbons (Fsp3) is 0.308. The van der Waals surface area contributed by atoms with Crippen LogP contribution >= 0.6 is 0 Å². The third kappa shape index (κ3) is 5.13. The number of aliphatic hydroxyl groups is 1. The summed E-state index contributed by atoms with van der Waals surface area (Å²) >= 11 is 0. The Morgan fingerprint density at radius 2 is 1.95 bits per heavy atom. The van der Waals surface area contributed by atoms with Crippen LogP contribution in [0.15, 0.2) is 36.5 Å². The first-order chi connectivity index (χ1) is 8.59. The highest BCUT2D eigenvalue weighted by Gasteiger charge is 2.30. The first-order valence-electron chi connectivity index (χ1n) is 5.48. The van der Waals surface area contributed by atoms with Crippen LogP contribution in [0.1, 0.15) is 29.8 Å². The Bertz CT molecular complexity index is 487. The van der Waals surface area contributed by atoms with Gasteiger partial charge in [0, 0.05) is 11.8 Å². The number of alkyl halides is 3. The molecule has 0 saturated heterocycles. The Balaban J connectivity index is 2.81. The summed E-state index contributed by atoms with van der Waals surface area (Å²) in [6, 6.07) is 4.11. The minimum atomic E-state index is -4.49. The molecule has 0 spiro atoms. The number of rotatable bonds is 3. The molecule has 0 saturated carbocycles. The smallest absolute Gasteiger partial charge is 0.386 e. The van der Waals surface area contributed by atoms with E-state index in [1.165, 1.54) is 32.2 Å². The summed E-state index contributed by atoms with van der Waals surface area (Å²) in [5.74, 6) is -0.674. The Hall–Kier alpha value is -1.82. The SMILES string of the molecule is CC(C)(O)C=CNC(=O)c1cccc(C(F)(F)F)c1. The minimum absolute atomic E-state index is 0.102. The first-order valence-corrected chi connectivity index (χ1v) is 5.48. The lowest BCUT2D eigenvalue weighted by molar-refractivity contribution is -0.137. The highest BCUT2D eigenvalue weighted by molar-refractivity contribution is 5.95. The van der Waals surface area contributed by atoms with Gasteiger partial charge in [-0.1, -0.05) is 6.07 Å². The second-order valence-corrected chi connectivity index (χ2v) is 4.54. The van der Waals surface area contributed by atoms with Gasteiger partial charge in [-0.05, 0) is 38.1 Å². The summed E-state index contributed by atoms with van der Waals surface area (Å²) < 4.78 is 37.4. The van der Waals surface area contributed by atoms with E-state index in [0.29, 0.717) is 0 Å². The summed E-state index contributed by atoms with van der Waals surface area (Å²) in [7, 11) is 0. The fourth-order valence-corrected chi connectivity index (χ4v) is 1.24. The zero-order valence-electron chi connectivity index (χ0n) is 10.5. The van der Waals surface area contributed by atoms with Gasteiger partial charge in [-0.2, -0.15) is 13.2 Å². The van der Waals surface area contributed by atoms with Crippen molar-refractivity contribution in [3.8, 4) is 0 Å². The van der Waals surface area contributed by atoms with E-state index < -0.39 is 23.2 Å². The van der Waals surface area contributed by atoms with Crippen molar-refractivity contribution in [1.29, 1.82) is 0 Å². The Morgan fingerprint density at radius 3 is 2.47 bits per heavy atom. The van der Waals surface area contributed by atoms with Crippen molar-refractivity contribution < 1.29 is 23.1 Å². The van der Waals surface area contributed by atoms with Gasteiger partial charge in [-0.25, -0.2) is 0 Å². The molecule has 0 radical (unpaired) electrons. The summed E-state index contributed by atoms with van der Waals surface area (Å²) in [6.07, 6.45) is -1.97. The maximum absolute atomic E-state index is 12.5. The van der Waals surface area contributed by atoms with Crippen molar-refractivity contribution in [3.05, 3.63) is 47.7 Å².